The maximum absolute atomic E-state index is 13.2. The molecular weight excluding hydrogens is 384 g/mol. The first-order chi connectivity index (χ1) is 13.1. The predicted molar refractivity (Wildman–Crippen MR) is 107 cm³/mol. The lowest BCUT2D eigenvalue weighted by molar-refractivity contribution is -0.118. The first-order valence-electron chi connectivity index (χ1n) is 9.16. The van der Waals surface area contributed by atoms with Gasteiger partial charge in [-0.15, -0.1) is 11.3 Å². The number of carbonyl (C=O) groups is 2. The van der Waals surface area contributed by atoms with E-state index in [1.807, 2.05) is 0 Å². The molecule has 7 heteroatoms. The standard InChI is InChI=1S/C20H21ClN2O3S/c21-14-6-4-13(5-7-14)19(25)18-15-2-1-3-16(15)27-20(18)22-17(24)12-23-8-10-26-11-9-23/h4-7H,1-3,8-12H2,(H,22,24). The number of rotatable bonds is 5. The van der Waals surface area contributed by atoms with Gasteiger partial charge in [-0.1, -0.05) is 11.6 Å². The van der Waals surface area contributed by atoms with Crippen molar-refractivity contribution in [3.05, 3.63) is 50.9 Å². The minimum atomic E-state index is -0.0815. The topological polar surface area (TPSA) is 58.6 Å². The Bertz CT molecular complexity index is 857. The van der Waals surface area contributed by atoms with E-state index in [9.17, 15) is 9.59 Å². The summed E-state index contributed by atoms with van der Waals surface area (Å²) in [5.74, 6) is -0.130. The van der Waals surface area contributed by atoms with Crippen LogP contribution >= 0.6 is 22.9 Å². The Morgan fingerprint density at radius 1 is 1.15 bits per heavy atom. The summed E-state index contributed by atoms with van der Waals surface area (Å²) in [5, 5.41) is 4.28. The third-order valence-electron chi connectivity index (χ3n) is 4.98. The average Bonchev–Trinajstić information content (AvgIpc) is 3.23. The van der Waals surface area contributed by atoms with E-state index in [0.29, 0.717) is 40.9 Å². The van der Waals surface area contributed by atoms with Crippen LogP contribution in [0.3, 0.4) is 0 Å². The van der Waals surface area contributed by atoms with Crippen LogP contribution in [0.2, 0.25) is 5.02 Å². The molecule has 1 aromatic heterocycles. The van der Waals surface area contributed by atoms with E-state index in [1.165, 1.54) is 4.88 Å². The molecule has 0 bridgehead atoms. The van der Waals surface area contributed by atoms with E-state index >= 15 is 0 Å². The van der Waals surface area contributed by atoms with Crippen molar-refractivity contribution in [3.63, 3.8) is 0 Å². The van der Waals surface area contributed by atoms with Crippen molar-refractivity contribution < 1.29 is 14.3 Å². The van der Waals surface area contributed by atoms with Gasteiger partial charge in [-0.3, -0.25) is 14.5 Å². The zero-order valence-electron chi connectivity index (χ0n) is 14.9. The number of nitrogens with one attached hydrogen (secondary N) is 1. The molecule has 1 amide bonds. The van der Waals surface area contributed by atoms with E-state index in [-0.39, 0.29) is 11.7 Å². The Labute approximate surface area is 167 Å². The number of aryl methyl sites for hydroxylation is 1. The fourth-order valence-electron chi connectivity index (χ4n) is 3.61. The third-order valence-corrected chi connectivity index (χ3v) is 6.44. The number of morpholine rings is 1. The number of ketones is 1. The summed E-state index contributed by atoms with van der Waals surface area (Å²) in [6.45, 7) is 3.14. The van der Waals surface area contributed by atoms with Crippen molar-refractivity contribution in [2.45, 2.75) is 19.3 Å². The minimum Gasteiger partial charge on any atom is -0.379 e. The number of hydrogen-bond donors (Lipinski definition) is 1. The molecule has 0 spiro atoms. The number of fused-ring (bicyclic) bond motifs is 1. The first-order valence-corrected chi connectivity index (χ1v) is 10.4. The number of amides is 1. The van der Waals surface area contributed by atoms with Gasteiger partial charge in [-0.25, -0.2) is 0 Å². The summed E-state index contributed by atoms with van der Waals surface area (Å²) < 4.78 is 5.32. The lowest BCUT2D eigenvalue weighted by Crippen LogP contribution is -2.41. The zero-order chi connectivity index (χ0) is 18.8. The third kappa shape index (κ3) is 4.09. The number of thiophene rings is 1. The molecule has 2 aromatic rings. The molecule has 1 aromatic carbocycles. The number of hydrogen-bond acceptors (Lipinski definition) is 5. The van der Waals surface area contributed by atoms with Gasteiger partial charge in [0.2, 0.25) is 5.91 Å². The number of nitrogens with zero attached hydrogens (tertiary/aromatic N) is 1. The van der Waals surface area contributed by atoms with E-state index in [4.69, 9.17) is 16.3 Å². The Hall–Kier alpha value is -1.73. The fraction of sp³-hybridized carbons (Fsp3) is 0.400. The van der Waals surface area contributed by atoms with E-state index in [0.717, 1.165) is 37.9 Å². The van der Waals surface area contributed by atoms with Gasteiger partial charge in [0, 0.05) is 28.6 Å². The van der Waals surface area contributed by atoms with Crippen molar-refractivity contribution in [2.75, 3.05) is 38.2 Å². The molecule has 0 radical (unpaired) electrons. The molecule has 2 aliphatic rings. The van der Waals surface area contributed by atoms with Gasteiger partial charge < -0.3 is 10.1 Å². The zero-order valence-corrected chi connectivity index (χ0v) is 16.5. The van der Waals surface area contributed by atoms with Gasteiger partial charge in [0.25, 0.3) is 0 Å². The highest BCUT2D eigenvalue weighted by molar-refractivity contribution is 7.17. The summed E-state index contributed by atoms with van der Waals surface area (Å²) in [4.78, 5) is 29.0. The molecule has 27 heavy (non-hydrogen) atoms. The highest BCUT2D eigenvalue weighted by atomic mass is 35.5. The Morgan fingerprint density at radius 3 is 2.63 bits per heavy atom. The van der Waals surface area contributed by atoms with Crippen LogP contribution in [-0.4, -0.2) is 49.4 Å². The molecule has 2 heterocycles. The molecule has 1 saturated heterocycles. The quantitative estimate of drug-likeness (QED) is 0.776. The SMILES string of the molecule is O=C(CN1CCOCC1)Nc1sc2c(c1C(=O)c1ccc(Cl)cc1)CCC2. The molecule has 142 valence electrons. The molecular formula is C20H21ClN2O3S. The van der Waals surface area contributed by atoms with Crippen molar-refractivity contribution in [1.82, 2.24) is 4.90 Å². The Morgan fingerprint density at radius 2 is 1.89 bits per heavy atom. The van der Waals surface area contributed by atoms with Crippen LogP contribution in [0.15, 0.2) is 24.3 Å². The Balaban J connectivity index is 1.56. The minimum absolute atomic E-state index is 0.0484. The van der Waals surface area contributed by atoms with Gasteiger partial charge in [-0.2, -0.15) is 0 Å². The smallest absolute Gasteiger partial charge is 0.239 e. The van der Waals surface area contributed by atoms with Crippen LogP contribution in [-0.2, 0) is 22.4 Å². The lowest BCUT2D eigenvalue weighted by Gasteiger charge is -2.25. The highest BCUT2D eigenvalue weighted by Gasteiger charge is 2.28. The van der Waals surface area contributed by atoms with Crippen molar-refractivity contribution in [1.29, 1.82) is 0 Å². The monoisotopic (exact) mass is 404 g/mol. The molecule has 1 aliphatic heterocycles. The molecule has 0 unspecified atom stereocenters. The molecule has 1 fully saturated rings. The molecule has 4 rings (SSSR count). The predicted octanol–water partition coefficient (Wildman–Crippen LogP) is 3.39. The summed E-state index contributed by atoms with van der Waals surface area (Å²) in [6.07, 6.45) is 2.92. The lowest BCUT2D eigenvalue weighted by atomic mass is 10.0. The molecule has 0 saturated carbocycles. The number of ether oxygens (including phenoxy) is 1. The molecule has 0 atom stereocenters. The van der Waals surface area contributed by atoms with Crippen LogP contribution in [0.25, 0.3) is 0 Å². The molecule has 1 aliphatic carbocycles. The van der Waals surface area contributed by atoms with E-state index in [2.05, 4.69) is 10.2 Å². The largest absolute Gasteiger partial charge is 0.379 e. The summed E-state index contributed by atoms with van der Waals surface area (Å²) in [7, 11) is 0. The van der Waals surface area contributed by atoms with Crippen LogP contribution in [0, 0.1) is 0 Å². The second kappa shape index (κ2) is 8.10. The fourth-order valence-corrected chi connectivity index (χ4v) is 5.04. The van der Waals surface area contributed by atoms with Gasteiger partial charge in [-0.05, 0) is 49.1 Å². The van der Waals surface area contributed by atoms with Crippen molar-refractivity contribution >= 4 is 39.6 Å². The Kier molecular flexibility index (Phi) is 5.59. The number of anilines is 1. The van der Waals surface area contributed by atoms with Crippen LogP contribution < -0.4 is 5.32 Å². The van der Waals surface area contributed by atoms with Crippen LogP contribution in [0.1, 0.15) is 32.8 Å². The first kappa shape index (κ1) is 18.6. The maximum atomic E-state index is 13.2. The maximum Gasteiger partial charge on any atom is 0.239 e. The van der Waals surface area contributed by atoms with Crippen molar-refractivity contribution in [3.8, 4) is 0 Å². The second-order valence-corrected chi connectivity index (χ2v) is 8.38. The normalized spacial score (nSPS) is 16.9. The van der Waals surface area contributed by atoms with Gasteiger partial charge in [0.05, 0.1) is 25.3 Å². The van der Waals surface area contributed by atoms with E-state index in [1.54, 1.807) is 35.6 Å². The van der Waals surface area contributed by atoms with Crippen LogP contribution in [0.4, 0.5) is 5.00 Å². The molecule has 5 nitrogen and oxygen atoms in total. The van der Waals surface area contributed by atoms with Gasteiger partial charge in [0.15, 0.2) is 5.78 Å². The van der Waals surface area contributed by atoms with Gasteiger partial charge in [0.1, 0.15) is 5.00 Å². The summed E-state index contributed by atoms with van der Waals surface area (Å²) in [6, 6.07) is 6.92. The summed E-state index contributed by atoms with van der Waals surface area (Å²) >= 11 is 7.49. The molecule has 1 N–H and O–H groups in total. The number of benzene rings is 1. The second-order valence-electron chi connectivity index (χ2n) is 6.83. The van der Waals surface area contributed by atoms with Crippen molar-refractivity contribution in [2.24, 2.45) is 0 Å². The van der Waals surface area contributed by atoms with Gasteiger partial charge >= 0.3 is 0 Å². The van der Waals surface area contributed by atoms with E-state index < -0.39 is 0 Å². The number of carbonyl (C=O) groups excluding carboxylic acids is 2. The number of halogens is 1. The summed E-state index contributed by atoms with van der Waals surface area (Å²) in [5.41, 5.74) is 2.35. The average molecular weight is 405 g/mol. The highest BCUT2D eigenvalue weighted by Crippen LogP contribution is 2.40. The van der Waals surface area contributed by atoms with Crippen LogP contribution in [0.5, 0.6) is 0 Å².